The summed E-state index contributed by atoms with van der Waals surface area (Å²) in [6.07, 6.45) is 1.77. The summed E-state index contributed by atoms with van der Waals surface area (Å²) in [5, 5.41) is 3.13. The first-order valence-electron chi connectivity index (χ1n) is 3.80. The number of nitrogens with one attached hydrogen (secondary N) is 1. The van der Waals surface area contributed by atoms with Gasteiger partial charge in [0.2, 0.25) is 0 Å². The molecular formula is C8H12BrN3. The summed E-state index contributed by atoms with van der Waals surface area (Å²) in [6.45, 7) is 3.39. The van der Waals surface area contributed by atoms with Gasteiger partial charge in [0.25, 0.3) is 0 Å². The average molecular weight is 230 g/mol. The van der Waals surface area contributed by atoms with Crippen LogP contribution < -0.4 is 11.1 Å². The highest BCUT2D eigenvalue weighted by Crippen LogP contribution is 2.15. The van der Waals surface area contributed by atoms with Crippen molar-refractivity contribution < 1.29 is 0 Å². The van der Waals surface area contributed by atoms with Gasteiger partial charge in [-0.05, 0) is 34.5 Å². The highest BCUT2D eigenvalue weighted by atomic mass is 79.9. The van der Waals surface area contributed by atoms with Crippen LogP contribution in [0, 0.1) is 6.92 Å². The highest BCUT2D eigenvalue weighted by molar-refractivity contribution is 9.10. The zero-order valence-corrected chi connectivity index (χ0v) is 8.56. The van der Waals surface area contributed by atoms with Gasteiger partial charge in [-0.3, -0.25) is 0 Å². The summed E-state index contributed by atoms with van der Waals surface area (Å²) in [5.74, 6) is 0.906. The van der Waals surface area contributed by atoms with E-state index in [1.807, 2.05) is 13.0 Å². The van der Waals surface area contributed by atoms with Gasteiger partial charge in [-0.25, -0.2) is 4.98 Å². The normalized spacial score (nSPS) is 9.92. The van der Waals surface area contributed by atoms with E-state index in [9.17, 15) is 0 Å². The lowest BCUT2D eigenvalue weighted by Crippen LogP contribution is -2.14. The fourth-order valence-corrected chi connectivity index (χ4v) is 1.36. The maximum absolute atomic E-state index is 5.36. The average Bonchev–Trinajstić information content (AvgIpc) is 2.03. The van der Waals surface area contributed by atoms with E-state index in [1.54, 1.807) is 6.20 Å². The number of hydrogen-bond acceptors (Lipinski definition) is 3. The quantitative estimate of drug-likeness (QED) is 0.827. The third-order valence-corrected chi connectivity index (χ3v) is 1.92. The summed E-state index contributed by atoms with van der Waals surface area (Å²) < 4.78 is 0.998. The molecule has 0 bridgehead atoms. The van der Waals surface area contributed by atoms with Gasteiger partial charge in [0, 0.05) is 23.8 Å². The van der Waals surface area contributed by atoms with Gasteiger partial charge < -0.3 is 11.1 Å². The third-order valence-electron chi connectivity index (χ3n) is 1.48. The molecule has 0 spiro atoms. The van der Waals surface area contributed by atoms with Crippen molar-refractivity contribution in [2.45, 2.75) is 6.92 Å². The van der Waals surface area contributed by atoms with Crippen molar-refractivity contribution in [1.29, 1.82) is 0 Å². The van der Waals surface area contributed by atoms with Crippen molar-refractivity contribution >= 4 is 21.7 Å². The van der Waals surface area contributed by atoms with E-state index in [2.05, 4.69) is 26.2 Å². The minimum atomic E-state index is 0.622. The second kappa shape index (κ2) is 4.42. The lowest BCUT2D eigenvalue weighted by Gasteiger charge is -2.06. The minimum Gasteiger partial charge on any atom is -0.369 e. The van der Waals surface area contributed by atoms with Gasteiger partial charge in [-0.2, -0.15) is 0 Å². The highest BCUT2D eigenvalue weighted by Gasteiger charge is 1.97. The lowest BCUT2D eigenvalue weighted by molar-refractivity contribution is 1.01. The number of halogens is 1. The van der Waals surface area contributed by atoms with Gasteiger partial charge in [0.05, 0.1) is 0 Å². The molecule has 0 aromatic carbocycles. The molecule has 1 aromatic heterocycles. The molecule has 1 rings (SSSR count). The smallest absolute Gasteiger partial charge is 0.128 e. The molecule has 0 saturated heterocycles. The first-order valence-corrected chi connectivity index (χ1v) is 4.59. The van der Waals surface area contributed by atoms with Crippen molar-refractivity contribution in [3.05, 3.63) is 22.3 Å². The number of pyridine rings is 1. The minimum absolute atomic E-state index is 0.622. The molecule has 0 aliphatic heterocycles. The Balaban J connectivity index is 2.72. The molecule has 3 nitrogen and oxygen atoms in total. The van der Waals surface area contributed by atoms with Crippen molar-refractivity contribution in [1.82, 2.24) is 4.98 Å². The monoisotopic (exact) mass is 229 g/mol. The van der Waals surface area contributed by atoms with Gasteiger partial charge in [0.15, 0.2) is 0 Å². The van der Waals surface area contributed by atoms with Crippen LogP contribution in [0.15, 0.2) is 16.7 Å². The molecule has 0 unspecified atom stereocenters. The van der Waals surface area contributed by atoms with Crippen molar-refractivity contribution in [2.75, 3.05) is 18.4 Å². The number of nitrogens with zero attached hydrogens (tertiary/aromatic N) is 1. The molecule has 4 heteroatoms. The Morgan fingerprint density at radius 1 is 1.67 bits per heavy atom. The van der Waals surface area contributed by atoms with Crippen LogP contribution in [0.2, 0.25) is 0 Å². The van der Waals surface area contributed by atoms with Gasteiger partial charge in [0.1, 0.15) is 5.82 Å². The Kier molecular flexibility index (Phi) is 3.49. The van der Waals surface area contributed by atoms with Crippen LogP contribution in [0.5, 0.6) is 0 Å². The molecule has 0 saturated carbocycles. The SMILES string of the molecule is Cc1cc(Br)cnc1NCCN. The Morgan fingerprint density at radius 2 is 2.42 bits per heavy atom. The molecule has 0 atom stereocenters. The van der Waals surface area contributed by atoms with Gasteiger partial charge >= 0.3 is 0 Å². The molecule has 1 aromatic rings. The zero-order chi connectivity index (χ0) is 8.97. The van der Waals surface area contributed by atoms with Crippen LogP contribution in [0.4, 0.5) is 5.82 Å². The zero-order valence-electron chi connectivity index (χ0n) is 6.97. The number of anilines is 1. The number of aryl methyl sites for hydroxylation is 1. The molecule has 0 amide bonds. The topological polar surface area (TPSA) is 50.9 Å². The summed E-state index contributed by atoms with van der Waals surface area (Å²) in [5.41, 5.74) is 6.48. The molecule has 0 aliphatic rings. The molecule has 0 fully saturated rings. The first kappa shape index (κ1) is 9.48. The molecule has 3 N–H and O–H groups in total. The Morgan fingerprint density at radius 3 is 3.00 bits per heavy atom. The van der Waals surface area contributed by atoms with Gasteiger partial charge in [-0.1, -0.05) is 0 Å². The van der Waals surface area contributed by atoms with E-state index in [4.69, 9.17) is 5.73 Å². The molecule has 0 radical (unpaired) electrons. The molecule has 0 aliphatic carbocycles. The Hall–Kier alpha value is -0.610. The second-order valence-corrected chi connectivity index (χ2v) is 3.45. The standard InChI is InChI=1S/C8H12BrN3/c1-6-4-7(9)5-12-8(6)11-3-2-10/h4-5H,2-3,10H2,1H3,(H,11,12). The van der Waals surface area contributed by atoms with Crippen LogP contribution in [0.25, 0.3) is 0 Å². The van der Waals surface area contributed by atoms with E-state index in [1.165, 1.54) is 0 Å². The van der Waals surface area contributed by atoms with Crippen LogP contribution >= 0.6 is 15.9 Å². The van der Waals surface area contributed by atoms with Crippen LogP contribution in [0.1, 0.15) is 5.56 Å². The third kappa shape index (κ3) is 2.46. The van der Waals surface area contributed by atoms with E-state index in [0.717, 1.165) is 22.4 Å². The predicted octanol–water partition coefficient (Wildman–Crippen LogP) is 1.52. The largest absolute Gasteiger partial charge is 0.369 e. The summed E-state index contributed by atoms with van der Waals surface area (Å²) in [7, 11) is 0. The molecule has 12 heavy (non-hydrogen) atoms. The van der Waals surface area contributed by atoms with E-state index >= 15 is 0 Å². The summed E-state index contributed by atoms with van der Waals surface area (Å²) in [6, 6.07) is 2.02. The fourth-order valence-electron chi connectivity index (χ4n) is 0.916. The van der Waals surface area contributed by atoms with Crippen LogP contribution in [0.3, 0.4) is 0 Å². The summed E-state index contributed by atoms with van der Waals surface area (Å²) in [4.78, 5) is 4.20. The number of hydrogen-bond donors (Lipinski definition) is 2. The molecule has 1 heterocycles. The van der Waals surface area contributed by atoms with Crippen molar-refractivity contribution in [3.63, 3.8) is 0 Å². The maximum Gasteiger partial charge on any atom is 0.128 e. The van der Waals surface area contributed by atoms with Gasteiger partial charge in [-0.15, -0.1) is 0 Å². The van der Waals surface area contributed by atoms with Crippen LogP contribution in [-0.4, -0.2) is 18.1 Å². The fraction of sp³-hybridized carbons (Fsp3) is 0.375. The molecule has 66 valence electrons. The number of rotatable bonds is 3. The lowest BCUT2D eigenvalue weighted by atomic mass is 10.3. The Labute approximate surface area is 80.5 Å². The van der Waals surface area contributed by atoms with E-state index in [-0.39, 0.29) is 0 Å². The first-order chi connectivity index (χ1) is 5.74. The van der Waals surface area contributed by atoms with E-state index in [0.29, 0.717) is 6.54 Å². The van der Waals surface area contributed by atoms with Crippen molar-refractivity contribution in [3.8, 4) is 0 Å². The maximum atomic E-state index is 5.36. The summed E-state index contributed by atoms with van der Waals surface area (Å²) >= 11 is 3.35. The second-order valence-electron chi connectivity index (χ2n) is 2.53. The van der Waals surface area contributed by atoms with Crippen molar-refractivity contribution in [2.24, 2.45) is 5.73 Å². The van der Waals surface area contributed by atoms with Crippen LogP contribution in [-0.2, 0) is 0 Å². The predicted molar refractivity (Wildman–Crippen MR) is 54.2 cm³/mol. The van der Waals surface area contributed by atoms with E-state index < -0.39 is 0 Å². The Bertz CT molecular complexity index is 262. The number of nitrogens with two attached hydrogens (primary N) is 1. The molecular weight excluding hydrogens is 218 g/mol. The number of aromatic nitrogens is 1.